The molecule has 2 rings (SSSR count). The van der Waals surface area contributed by atoms with Gasteiger partial charge in [0.1, 0.15) is 4.99 Å². The Morgan fingerprint density at radius 3 is 2.48 bits per heavy atom. The molecule has 0 bridgehead atoms. The molecule has 1 saturated carbocycles. The summed E-state index contributed by atoms with van der Waals surface area (Å²) in [6.45, 7) is 6.14. The third-order valence-corrected chi connectivity index (χ3v) is 4.84. The maximum atomic E-state index is 11.0. The number of nitrogens with one attached hydrogen (secondary N) is 2. The molecular weight excluding hydrogens is 280 g/mol. The molecule has 1 aromatic rings. The molecule has 0 aromatic heterocycles. The topological polar surface area (TPSA) is 41.1 Å². The molecule has 3 nitrogen and oxygen atoms in total. The number of benzene rings is 1. The number of amides is 1. The molecule has 4 heteroatoms. The molecule has 114 valence electrons. The van der Waals surface area contributed by atoms with Crippen molar-refractivity contribution in [2.24, 2.45) is 11.8 Å². The molecule has 2 N–H and O–H groups in total. The van der Waals surface area contributed by atoms with Crippen LogP contribution in [0.15, 0.2) is 24.3 Å². The first-order chi connectivity index (χ1) is 9.97. The zero-order valence-electron chi connectivity index (χ0n) is 13.0. The highest BCUT2D eigenvalue weighted by atomic mass is 32.1. The molecule has 1 aliphatic carbocycles. The van der Waals surface area contributed by atoms with Crippen LogP contribution in [0.25, 0.3) is 0 Å². The number of hydrogen-bond donors (Lipinski definition) is 2. The second-order valence-electron chi connectivity index (χ2n) is 6.11. The van der Waals surface area contributed by atoms with Crippen molar-refractivity contribution in [1.29, 1.82) is 0 Å². The fourth-order valence-corrected chi connectivity index (χ4v) is 3.23. The van der Waals surface area contributed by atoms with Gasteiger partial charge < -0.3 is 10.6 Å². The highest BCUT2D eigenvalue weighted by Gasteiger charge is 2.27. The minimum atomic E-state index is -0.0616. The van der Waals surface area contributed by atoms with Crippen molar-refractivity contribution in [2.75, 3.05) is 5.32 Å². The molecule has 0 unspecified atom stereocenters. The molecule has 1 aliphatic rings. The van der Waals surface area contributed by atoms with E-state index in [9.17, 15) is 4.79 Å². The van der Waals surface area contributed by atoms with E-state index in [1.165, 1.54) is 26.2 Å². The lowest BCUT2D eigenvalue weighted by Gasteiger charge is -2.35. The smallest absolute Gasteiger partial charge is 0.221 e. The molecule has 21 heavy (non-hydrogen) atoms. The standard InChI is InChI=1S/C17H24N2OS/c1-11-5-4-6-16(12(11)2)19-17(21)14-7-9-15(10-8-14)18-13(3)20/h7-12,16H,4-6H2,1-3H3,(H,18,20)(H,19,21)/t11-,12+,16-/m0/s1. The van der Waals surface area contributed by atoms with E-state index in [2.05, 4.69) is 24.5 Å². The second-order valence-corrected chi connectivity index (χ2v) is 6.51. The summed E-state index contributed by atoms with van der Waals surface area (Å²) in [5.41, 5.74) is 1.80. The van der Waals surface area contributed by atoms with Gasteiger partial charge in [0.05, 0.1) is 0 Å². The highest BCUT2D eigenvalue weighted by molar-refractivity contribution is 7.80. The molecule has 1 amide bonds. The zero-order chi connectivity index (χ0) is 15.4. The quantitative estimate of drug-likeness (QED) is 0.836. The van der Waals surface area contributed by atoms with Gasteiger partial charge in [-0.1, -0.05) is 38.9 Å². The van der Waals surface area contributed by atoms with Crippen LogP contribution in [-0.2, 0) is 4.79 Å². The van der Waals surface area contributed by atoms with Crippen molar-refractivity contribution in [3.63, 3.8) is 0 Å². The summed E-state index contributed by atoms with van der Waals surface area (Å²) in [5.74, 6) is 1.34. The van der Waals surface area contributed by atoms with Gasteiger partial charge in [-0.25, -0.2) is 0 Å². The van der Waals surface area contributed by atoms with Gasteiger partial charge >= 0.3 is 0 Å². The molecule has 0 radical (unpaired) electrons. The first-order valence-electron chi connectivity index (χ1n) is 7.66. The van der Waals surface area contributed by atoms with Crippen LogP contribution in [0.4, 0.5) is 5.69 Å². The maximum absolute atomic E-state index is 11.0. The van der Waals surface area contributed by atoms with Gasteiger partial charge in [0.25, 0.3) is 0 Å². The fraction of sp³-hybridized carbons (Fsp3) is 0.529. The Morgan fingerprint density at radius 1 is 1.19 bits per heavy atom. The Bertz CT molecular complexity index is 512. The van der Waals surface area contributed by atoms with Gasteiger partial charge in [-0.3, -0.25) is 4.79 Å². The minimum absolute atomic E-state index is 0.0616. The van der Waals surface area contributed by atoms with Crippen LogP contribution in [0.1, 0.15) is 45.6 Å². The highest BCUT2D eigenvalue weighted by Crippen LogP contribution is 2.29. The monoisotopic (exact) mass is 304 g/mol. The number of anilines is 1. The van der Waals surface area contributed by atoms with Crippen LogP contribution in [0, 0.1) is 11.8 Å². The molecule has 0 saturated heterocycles. The van der Waals surface area contributed by atoms with Crippen LogP contribution < -0.4 is 10.6 Å². The van der Waals surface area contributed by atoms with Crippen molar-refractivity contribution >= 4 is 28.8 Å². The van der Waals surface area contributed by atoms with Crippen LogP contribution in [0.2, 0.25) is 0 Å². The van der Waals surface area contributed by atoms with Gasteiger partial charge in [-0.2, -0.15) is 0 Å². The van der Waals surface area contributed by atoms with E-state index in [1.54, 1.807) is 0 Å². The SMILES string of the molecule is CC(=O)Nc1ccc(C(=S)N[C@H]2CCC[C@H](C)[C@H]2C)cc1. The normalized spacial score (nSPS) is 25.2. The Kier molecular flexibility index (Phi) is 5.34. The number of carbonyl (C=O) groups is 1. The van der Waals surface area contributed by atoms with Crippen molar-refractivity contribution in [1.82, 2.24) is 5.32 Å². The summed E-state index contributed by atoms with van der Waals surface area (Å²) >= 11 is 5.53. The number of thiocarbonyl (C=S) groups is 1. The van der Waals surface area contributed by atoms with Gasteiger partial charge in [-0.05, 0) is 42.5 Å². The molecule has 3 atom stereocenters. The van der Waals surface area contributed by atoms with Crippen LogP contribution >= 0.6 is 12.2 Å². The summed E-state index contributed by atoms with van der Waals surface area (Å²) in [7, 11) is 0. The zero-order valence-corrected chi connectivity index (χ0v) is 13.8. The third-order valence-electron chi connectivity index (χ3n) is 4.49. The van der Waals surface area contributed by atoms with Crippen molar-refractivity contribution in [3.05, 3.63) is 29.8 Å². The van der Waals surface area contributed by atoms with E-state index in [0.29, 0.717) is 12.0 Å². The first-order valence-corrected chi connectivity index (χ1v) is 8.06. The van der Waals surface area contributed by atoms with Crippen LogP contribution in [0.5, 0.6) is 0 Å². The van der Waals surface area contributed by atoms with E-state index in [-0.39, 0.29) is 5.91 Å². The molecule has 0 spiro atoms. The second kappa shape index (κ2) is 7.03. The average Bonchev–Trinajstić information content (AvgIpc) is 2.44. The number of rotatable bonds is 3. The lowest BCUT2D eigenvalue weighted by atomic mass is 9.78. The first kappa shape index (κ1) is 16.0. The molecule has 1 fully saturated rings. The summed E-state index contributed by atoms with van der Waals surface area (Å²) in [4.78, 5) is 11.8. The maximum Gasteiger partial charge on any atom is 0.221 e. The van der Waals surface area contributed by atoms with Gasteiger partial charge in [0, 0.05) is 24.2 Å². The fourth-order valence-electron chi connectivity index (χ4n) is 2.95. The summed E-state index contributed by atoms with van der Waals surface area (Å²) in [6.07, 6.45) is 3.78. The number of carbonyl (C=O) groups excluding carboxylic acids is 1. The van der Waals surface area contributed by atoms with Gasteiger partial charge in [-0.15, -0.1) is 0 Å². The van der Waals surface area contributed by atoms with E-state index < -0.39 is 0 Å². The third kappa shape index (κ3) is 4.27. The Labute approximate surface area is 132 Å². The van der Waals surface area contributed by atoms with Crippen molar-refractivity contribution in [2.45, 2.75) is 46.1 Å². The molecular formula is C17H24N2OS. The largest absolute Gasteiger partial charge is 0.373 e. The Balaban J connectivity index is 1.98. The van der Waals surface area contributed by atoms with E-state index in [1.807, 2.05) is 24.3 Å². The van der Waals surface area contributed by atoms with Gasteiger partial charge in [0.15, 0.2) is 0 Å². The summed E-state index contributed by atoms with van der Waals surface area (Å²) in [6, 6.07) is 8.15. The Morgan fingerprint density at radius 2 is 1.86 bits per heavy atom. The molecule has 0 heterocycles. The van der Waals surface area contributed by atoms with E-state index in [0.717, 1.165) is 22.2 Å². The predicted octanol–water partition coefficient (Wildman–Crippen LogP) is 3.73. The lowest BCUT2D eigenvalue weighted by molar-refractivity contribution is -0.114. The molecule has 0 aliphatic heterocycles. The van der Waals surface area contributed by atoms with E-state index in [4.69, 9.17) is 12.2 Å². The van der Waals surface area contributed by atoms with E-state index >= 15 is 0 Å². The summed E-state index contributed by atoms with van der Waals surface area (Å²) < 4.78 is 0. The van der Waals surface area contributed by atoms with Gasteiger partial charge in [0.2, 0.25) is 5.91 Å². The lowest BCUT2D eigenvalue weighted by Crippen LogP contribution is -2.43. The predicted molar refractivity (Wildman–Crippen MR) is 91.5 cm³/mol. The van der Waals surface area contributed by atoms with Crippen molar-refractivity contribution < 1.29 is 4.79 Å². The summed E-state index contributed by atoms with van der Waals surface area (Å²) in [5, 5.41) is 6.28. The Hall–Kier alpha value is -1.42. The molecule has 1 aromatic carbocycles. The minimum Gasteiger partial charge on any atom is -0.373 e. The average molecular weight is 304 g/mol. The van der Waals surface area contributed by atoms with Crippen LogP contribution in [0.3, 0.4) is 0 Å². The van der Waals surface area contributed by atoms with Crippen LogP contribution in [-0.4, -0.2) is 16.9 Å². The van der Waals surface area contributed by atoms with Crippen molar-refractivity contribution in [3.8, 4) is 0 Å². The number of hydrogen-bond acceptors (Lipinski definition) is 2.